The molecule has 1 aromatic carbocycles. The highest BCUT2D eigenvalue weighted by Crippen LogP contribution is 2.30. The smallest absolute Gasteiger partial charge is 0.0749 e. The summed E-state index contributed by atoms with van der Waals surface area (Å²) in [6.45, 7) is 8.14. The normalized spacial score (nSPS) is 11.3. The first-order valence-corrected chi connectivity index (χ1v) is 7.05. The first kappa shape index (κ1) is 13.8. The van der Waals surface area contributed by atoms with Crippen molar-refractivity contribution in [2.75, 3.05) is 0 Å². The maximum atomic E-state index is 9.45. The highest BCUT2D eigenvalue weighted by molar-refractivity contribution is 5.88. The lowest BCUT2D eigenvalue weighted by molar-refractivity contribution is 0.281. The Bertz CT molecular complexity index is 814. The quantitative estimate of drug-likeness (QED) is 0.757. The molecule has 0 saturated heterocycles. The van der Waals surface area contributed by atoms with Crippen LogP contribution in [0.5, 0.6) is 0 Å². The van der Waals surface area contributed by atoms with E-state index in [-0.39, 0.29) is 6.61 Å². The molecule has 0 aliphatic rings. The largest absolute Gasteiger partial charge is 0.392 e. The van der Waals surface area contributed by atoms with Crippen molar-refractivity contribution in [2.24, 2.45) is 0 Å². The van der Waals surface area contributed by atoms with Crippen molar-refractivity contribution in [1.29, 1.82) is 0 Å². The van der Waals surface area contributed by atoms with Crippen LogP contribution in [0.3, 0.4) is 0 Å². The number of aryl methyl sites for hydroxylation is 4. The van der Waals surface area contributed by atoms with Gasteiger partial charge >= 0.3 is 0 Å². The van der Waals surface area contributed by atoms with Crippen molar-refractivity contribution in [3.63, 3.8) is 0 Å². The highest BCUT2D eigenvalue weighted by Gasteiger charge is 2.14. The first-order valence-electron chi connectivity index (χ1n) is 7.05. The molecule has 0 amide bonds. The fraction of sp³-hybridized carbons (Fsp3) is 0.294. The number of hydrogen-bond acceptors (Lipinski definition) is 3. The van der Waals surface area contributed by atoms with Gasteiger partial charge in [0.2, 0.25) is 0 Å². The zero-order valence-corrected chi connectivity index (χ0v) is 12.8. The Morgan fingerprint density at radius 1 is 1.14 bits per heavy atom. The van der Waals surface area contributed by atoms with E-state index in [9.17, 15) is 5.11 Å². The van der Waals surface area contributed by atoms with Crippen molar-refractivity contribution in [2.45, 2.75) is 34.3 Å². The monoisotopic (exact) mass is 281 g/mol. The second-order valence-corrected chi connectivity index (χ2v) is 5.54. The third kappa shape index (κ3) is 2.12. The minimum atomic E-state index is 0.0382. The SMILES string of the molecule is Cc1n[nH]c(C)c1-c1cc(C)c2ccc(CO)c(C)c2n1. The van der Waals surface area contributed by atoms with Crippen LogP contribution in [0.1, 0.15) is 28.1 Å². The van der Waals surface area contributed by atoms with Gasteiger partial charge in [0.15, 0.2) is 0 Å². The van der Waals surface area contributed by atoms with Gasteiger partial charge in [-0.15, -0.1) is 0 Å². The number of nitrogens with one attached hydrogen (secondary N) is 1. The maximum Gasteiger partial charge on any atom is 0.0749 e. The van der Waals surface area contributed by atoms with E-state index in [1.54, 1.807) is 0 Å². The number of rotatable bonds is 2. The fourth-order valence-corrected chi connectivity index (χ4v) is 2.87. The lowest BCUT2D eigenvalue weighted by Gasteiger charge is -2.11. The number of fused-ring (bicyclic) bond motifs is 1. The molecule has 0 unspecified atom stereocenters. The number of aromatic nitrogens is 3. The van der Waals surface area contributed by atoms with Gasteiger partial charge in [-0.2, -0.15) is 5.10 Å². The zero-order valence-electron chi connectivity index (χ0n) is 12.8. The predicted molar refractivity (Wildman–Crippen MR) is 84.2 cm³/mol. The molecule has 3 rings (SSSR count). The van der Waals surface area contributed by atoms with Gasteiger partial charge in [0, 0.05) is 16.6 Å². The summed E-state index contributed by atoms with van der Waals surface area (Å²) in [5.41, 5.74) is 8.07. The second kappa shape index (κ2) is 4.97. The topological polar surface area (TPSA) is 61.8 Å². The average molecular weight is 281 g/mol. The van der Waals surface area contributed by atoms with Gasteiger partial charge in [-0.05, 0) is 50.5 Å². The van der Waals surface area contributed by atoms with Crippen LogP contribution >= 0.6 is 0 Å². The number of H-pyrrole nitrogens is 1. The van der Waals surface area contributed by atoms with Crippen molar-refractivity contribution in [3.8, 4) is 11.3 Å². The average Bonchev–Trinajstić information content (AvgIpc) is 2.79. The number of nitrogens with zero attached hydrogens (tertiary/aromatic N) is 2. The number of aliphatic hydroxyl groups is 1. The van der Waals surface area contributed by atoms with E-state index in [0.717, 1.165) is 44.7 Å². The molecule has 0 atom stereocenters. The molecular weight excluding hydrogens is 262 g/mol. The van der Waals surface area contributed by atoms with Gasteiger partial charge in [-0.25, -0.2) is 4.98 Å². The molecule has 0 aliphatic heterocycles. The summed E-state index contributed by atoms with van der Waals surface area (Å²) in [4.78, 5) is 4.84. The Balaban J connectivity index is 2.34. The van der Waals surface area contributed by atoms with E-state index in [1.165, 1.54) is 5.56 Å². The summed E-state index contributed by atoms with van der Waals surface area (Å²) < 4.78 is 0. The van der Waals surface area contributed by atoms with E-state index in [4.69, 9.17) is 4.98 Å². The zero-order chi connectivity index (χ0) is 15.1. The third-order valence-electron chi connectivity index (χ3n) is 4.11. The van der Waals surface area contributed by atoms with Crippen LogP contribution in [-0.4, -0.2) is 20.3 Å². The highest BCUT2D eigenvalue weighted by atomic mass is 16.3. The number of pyridine rings is 1. The van der Waals surface area contributed by atoms with Gasteiger partial charge in [0.25, 0.3) is 0 Å². The summed E-state index contributed by atoms with van der Waals surface area (Å²) in [5.74, 6) is 0. The molecular formula is C17H19N3O. The van der Waals surface area contributed by atoms with Crippen molar-refractivity contribution >= 4 is 10.9 Å². The molecule has 3 aromatic rings. The van der Waals surface area contributed by atoms with Gasteiger partial charge < -0.3 is 5.11 Å². The lowest BCUT2D eigenvalue weighted by atomic mass is 9.99. The first-order chi connectivity index (χ1) is 10.0. The maximum absolute atomic E-state index is 9.45. The molecule has 2 N–H and O–H groups in total. The van der Waals surface area contributed by atoms with Crippen LogP contribution in [0.4, 0.5) is 0 Å². The van der Waals surface area contributed by atoms with Crippen molar-refractivity contribution in [1.82, 2.24) is 15.2 Å². The number of benzene rings is 1. The van der Waals surface area contributed by atoms with Gasteiger partial charge in [-0.1, -0.05) is 12.1 Å². The van der Waals surface area contributed by atoms with Crippen molar-refractivity contribution < 1.29 is 5.11 Å². The Morgan fingerprint density at radius 3 is 2.52 bits per heavy atom. The van der Waals surface area contributed by atoms with Gasteiger partial charge in [0.1, 0.15) is 0 Å². The summed E-state index contributed by atoms with van der Waals surface area (Å²) in [5, 5.41) is 17.8. The molecule has 4 heteroatoms. The summed E-state index contributed by atoms with van der Waals surface area (Å²) in [6, 6.07) is 6.11. The molecule has 2 heterocycles. The van der Waals surface area contributed by atoms with E-state index in [0.29, 0.717) is 0 Å². The fourth-order valence-electron chi connectivity index (χ4n) is 2.87. The van der Waals surface area contributed by atoms with E-state index in [1.807, 2.05) is 32.9 Å². The Hall–Kier alpha value is -2.20. The minimum absolute atomic E-state index is 0.0382. The molecule has 0 bridgehead atoms. The Morgan fingerprint density at radius 2 is 1.90 bits per heavy atom. The van der Waals surface area contributed by atoms with Crippen molar-refractivity contribution in [3.05, 3.63) is 46.3 Å². The standard InChI is InChI=1S/C17H19N3O/c1-9-7-15(16-11(3)19-20-12(16)4)18-17-10(2)13(8-21)5-6-14(9)17/h5-7,21H,8H2,1-4H3,(H,19,20). The molecule has 4 nitrogen and oxygen atoms in total. The van der Waals surface area contributed by atoms with Crippen LogP contribution in [0, 0.1) is 27.7 Å². The molecule has 0 radical (unpaired) electrons. The van der Waals surface area contributed by atoms with Crippen LogP contribution in [0.25, 0.3) is 22.2 Å². The van der Waals surface area contributed by atoms with E-state index in [2.05, 4.69) is 23.2 Å². The summed E-state index contributed by atoms with van der Waals surface area (Å²) in [6.07, 6.45) is 0. The summed E-state index contributed by atoms with van der Waals surface area (Å²) >= 11 is 0. The van der Waals surface area contributed by atoms with Crippen LogP contribution in [-0.2, 0) is 6.61 Å². The molecule has 2 aromatic heterocycles. The van der Waals surface area contributed by atoms with Crippen LogP contribution in [0.15, 0.2) is 18.2 Å². The number of aromatic amines is 1. The molecule has 108 valence electrons. The lowest BCUT2D eigenvalue weighted by Crippen LogP contribution is -1.96. The third-order valence-corrected chi connectivity index (χ3v) is 4.11. The summed E-state index contributed by atoms with van der Waals surface area (Å²) in [7, 11) is 0. The number of hydrogen-bond donors (Lipinski definition) is 2. The molecule has 0 aliphatic carbocycles. The van der Waals surface area contributed by atoms with Crippen LogP contribution in [0.2, 0.25) is 0 Å². The predicted octanol–water partition coefficient (Wildman–Crippen LogP) is 3.35. The molecule has 21 heavy (non-hydrogen) atoms. The van der Waals surface area contributed by atoms with Crippen LogP contribution < -0.4 is 0 Å². The molecule has 0 fully saturated rings. The molecule has 0 spiro atoms. The van der Waals surface area contributed by atoms with Gasteiger partial charge in [0.05, 0.1) is 23.5 Å². The van der Waals surface area contributed by atoms with E-state index >= 15 is 0 Å². The van der Waals surface area contributed by atoms with Gasteiger partial charge in [-0.3, -0.25) is 5.10 Å². The van der Waals surface area contributed by atoms with E-state index < -0.39 is 0 Å². The Kier molecular flexibility index (Phi) is 3.26. The number of aliphatic hydroxyl groups excluding tert-OH is 1. The molecule has 0 saturated carbocycles. The second-order valence-electron chi connectivity index (χ2n) is 5.54. The Labute approximate surface area is 123 Å². The minimum Gasteiger partial charge on any atom is -0.392 e.